The Bertz CT molecular complexity index is 1140. The zero-order valence-corrected chi connectivity index (χ0v) is 17.3. The molecule has 0 spiro atoms. The molecular formula is C17H17F3N8OS. The number of thiazole rings is 1. The van der Waals surface area contributed by atoms with E-state index in [-0.39, 0.29) is 23.1 Å². The van der Waals surface area contributed by atoms with Crippen LogP contribution >= 0.6 is 11.3 Å². The van der Waals surface area contributed by atoms with Crippen LogP contribution in [0.4, 0.5) is 41.3 Å². The second kappa shape index (κ2) is 6.93. The van der Waals surface area contributed by atoms with Crippen LogP contribution in [-0.2, 0) is 7.05 Å². The Morgan fingerprint density at radius 3 is 2.53 bits per heavy atom. The number of aromatic nitrogens is 5. The molecule has 4 rings (SSSR count). The van der Waals surface area contributed by atoms with Crippen molar-refractivity contribution in [3.63, 3.8) is 0 Å². The largest absolute Gasteiger partial charge is 0.406 e. The maximum absolute atomic E-state index is 13.2. The van der Waals surface area contributed by atoms with E-state index in [4.69, 9.17) is 0 Å². The molecular weight excluding hydrogens is 421 g/mol. The highest BCUT2D eigenvalue weighted by molar-refractivity contribution is 7.16. The van der Waals surface area contributed by atoms with E-state index in [1.165, 1.54) is 17.5 Å². The maximum atomic E-state index is 13.2. The average Bonchev–Trinajstić information content (AvgIpc) is 3.19. The number of anilines is 5. The van der Waals surface area contributed by atoms with Gasteiger partial charge in [-0.15, -0.1) is 11.3 Å². The van der Waals surface area contributed by atoms with E-state index in [1.807, 2.05) is 6.92 Å². The molecule has 0 bridgehead atoms. The van der Waals surface area contributed by atoms with Crippen LogP contribution in [0.15, 0.2) is 12.4 Å². The summed E-state index contributed by atoms with van der Waals surface area (Å²) in [5.74, 6) is -0.514. The number of carbonyl (C=O) groups excluding carboxylic acids is 1. The van der Waals surface area contributed by atoms with Crippen molar-refractivity contribution < 1.29 is 18.0 Å². The third-order valence-corrected chi connectivity index (χ3v) is 5.69. The van der Waals surface area contributed by atoms with Crippen molar-refractivity contribution in [1.29, 1.82) is 0 Å². The van der Waals surface area contributed by atoms with Crippen molar-refractivity contribution in [2.24, 2.45) is 7.05 Å². The lowest BCUT2D eigenvalue weighted by molar-refractivity contribution is -0.118. The summed E-state index contributed by atoms with van der Waals surface area (Å²) in [5.41, 5.74) is 1.40. The molecule has 3 aromatic rings. The van der Waals surface area contributed by atoms with E-state index in [0.29, 0.717) is 20.6 Å². The number of rotatable bonds is 3. The van der Waals surface area contributed by atoms with Crippen LogP contribution in [0.2, 0.25) is 0 Å². The molecule has 9 nitrogen and oxygen atoms in total. The highest BCUT2D eigenvalue weighted by atomic mass is 32.1. The first kappa shape index (κ1) is 20.1. The molecule has 30 heavy (non-hydrogen) atoms. The summed E-state index contributed by atoms with van der Waals surface area (Å²) in [5, 5.41) is 8.13. The van der Waals surface area contributed by atoms with E-state index < -0.39 is 18.6 Å². The predicted octanol–water partition coefficient (Wildman–Crippen LogP) is 3.32. The van der Waals surface area contributed by atoms with Gasteiger partial charge in [-0.05, 0) is 13.8 Å². The lowest BCUT2D eigenvalue weighted by Crippen LogP contribution is -2.39. The van der Waals surface area contributed by atoms with Crippen LogP contribution in [0.25, 0.3) is 0 Å². The minimum Gasteiger partial charge on any atom is -0.321 e. The summed E-state index contributed by atoms with van der Waals surface area (Å²) < 4.78 is 41.4. The van der Waals surface area contributed by atoms with E-state index in [0.717, 1.165) is 5.69 Å². The minimum absolute atomic E-state index is 0.0418. The van der Waals surface area contributed by atoms with E-state index in [9.17, 15) is 18.0 Å². The summed E-state index contributed by atoms with van der Waals surface area (Å²) >= 11 is 1.21. The molecule has 0 saturated carbocycles. The molecule has 0 saturated heterocycles. The molecule has 158 valence electrons. The first-order valence-electron chi connectivity index (χ1n) is 8.77. The highest BCUT2D eigenvalue weighted by Crippen LogP contribution is 2.42. The summed E-state index contributed by atoms with van der Waals surface area (Å²) in [6.07, 6.45) is -1.80. The van der Waals surface area contributed by atoms with Gasteiger partial charge in [0.25, 0.3) is 5.91 Å². The Balaban J connectivity index is 1.83. The highest BCUT2D eigenvalue weighted by Gasteiger charge is 2.40. The fourth-order valence-corrected chi connectivity index (χ4v) is 3.93. The summed E-state index contributed by atoms with van der Waals surface area (Å²) in [6.45, 7) is 2.06. The third kappa shape index (κ3) is 3.44. The van der Waals surface area contributed by atoms with Crippen molar-refractivity contribution in [2.45, 2.75) is 20.0 Å². The number of carbonyl (C=O) groups is 1. The number of halogens is 3. The van der Waals surface area contributed by atoms with Crippen molar-refractivity contribution in [1.82, 2.24) is 24.7 Å². The second-order valence-electron chi connectivity index (χ2n) is 6.75. The van der Waals surface area contributed by atoms with Gasteiger partial charge >= 0.3 is 6.18 Å². The van der Waals surface area contributed by atoms with Crippen LogP contribution in [-0.4, -0.2) is 50.4 Å². The van der Waals surface area contributed by atoms with Gasteiger partial charge < -0.3 is 10.2 Å². The molecule has 0 atom stereocenters. The Kier molecular flexibility index (Phi) is 4.64. The van der Waals surface area contributed by atoms with Gasteiger partial charge in [0.15, 0.2) is 11.5 Å². The summed E-state index contributed by atoms with van der Waals surface area (Å²) in [6, 6.07) is 0. The van der Waals surface area contributed by atoms with Crippen LogP contribution in [0.3, 0.4) is 0 Å². The first-order chi connectivity index (χ1) is 14.0. The Hall–Kier alpha value is -3.22. The molecule has 1 aliphatic rings. The Morgan fingerprint density at radius 2 is 1.90 bits per heavy atom. The van der Waals surface area contributed by atoms with Gasteiger partial charge in [-0.3, -0.25) is 14.4 Å². The van der Waals surface area contributed by atoms with E-state index >= 15 is 0 Å². The van der Waals surface area contributed by atoms with Gasteiger partial charge in [-0.25, -0.2) is 9.97 Å². The molecule has 1 N–H and O–H groups in total. The van der Waals surface area contributed by atoms with Crippen molar-refractivity contribution in [3.8, 4) is 0 Å². The summed E-state index contributed by atoms with van der Waals surface area (Å²) in [4.78, 5) is 27.8. The van der Waals surface area contributed by atoms with Crippen LogP contribution < -0.4 is 15.1 Å². The fourth-order valence-electron chi connectivity index (χ4n) is 3.06. The molecule has 0 aromatic carbocycles. The number of amides is 1. The van der Waals surface area contributed by atoms with Gasteiger partial charge in [0.05, 0.1) is 28.8 Å². The first-order valence-corrected chi connectivity index (χ1v) is 9.59. The lowest BCUT2D eigenvalue weighted by atomic mass is 10.3. The number of nitrogens with zero attached hydrogens (tertiary/aromatic N) is 7. The molecule has 0 radical (unpaired) electrons. The number of hydrogen-bond acceptors (Lipinski definition) is 8. The number of aryl methyl sites for hydroxylation is 2. The third-order valence-electron chi connectivity index (χ3n) is 4.65. The predicted molar refractivity (Wildman–Crippen MR) is 106 cm³/mol. The fraction of sp³-hybridized carbons (Fsp3) is 0.353. The van der Waals surface area contributed by atoms with Crippen LogP contribution in [0.1, 0.15) is 21.2 Å². The Morgan fingerprint density at radius 1 is 1.17 bits per heavy atom. The van der Waals surface area contributed by atoms with Crippen LogP contribution in [0.5, 0.6) is 0 Å². The number of nitrogens with one attached hydrogen (secondary N) is 1. The number of alkyl halides is 3. The molecule has 0 fully saturated rings. The van der Waals surface area contributed by atoms with Gasteiger partial charge in [0.2, 0.25) is 5.95 Å². The second-order valence-corrected chi connectivity index (χ2v) is 7.93. The van der Waals surface area contributed by atoms with Gasteiger partial charge in [-0.2, -0.15) is 23.3 Å². The molecule has 13 heteroatoms. The molecule has 1 amide bonds. The number of fused-ring (bicyclic) bond motifs is 2. The molecule has 3 aromatic heterocycles. The van der Waals surface area contributed by atoms with E-state index in [2.05, 4.69) is 25.4 Å². The van der Waals surface area contributed by atoms with E-state index in [1.54, 1.807) is 36.8 Å². The monoisotopic (exact) mass is 438 g/mol. The molecule has 1 aliphatic heterocycles. The number of hydrogen-bond donors (Lipinski definition) is 1. The SMILES string of the molecule is Cc1nc2c(s1)N(C)c1nc(Nc3cnn(C)c3C)ncc1N(CC(F)(F)F)C2=O. The van der Waals surface area contributed by atoms with Gasteiger partial charge in [0, 0.05) is 14.1 Å². The topological polar surface area (TPSA) is 92.1 Å². The maximum Gasteiger partial charge on any atom is 0.406 e. The Labute approximate surface area is 173 Å². The normalized spacial score (nSPS) is 13.9. The van der Waals surface area contributed by atoms with Crippen molar-refractivity contribution in [2.75, 3.05) is 28.7 Å². The smallest absolute Gasteiger partial charge is 0.321 e. The lowest BCUT2D eigenvalue weighted by Gasteiger charge is -2.24. The zero-order valence-electron chi connectivity index (χ0n) is 16.4. The standard InChI is InChI=1S/C17H17F3N8OS/c1-8-10(5-22-27(8)4)24-16-21-6-11-13(25-16)26(3)15-12(23-9(2)30-15)14(29)28(11)7-17(18,19)20/h5-6H,7H2,1-4H3,(H,21,24,25). The molecule has 0 aliphatic carbocycles. The van der Waals surface area contributed by atoms with Crippen molar-refractivity contribution in [3.05, 3.63) is 28.8 Å². The van der Waals surface area contributed by atoms with Crippen LogP contribution in [0, 0.1) is 13.8 Å². The van der Waals surface area contributed by atoms with Crippen molar-refractivity contribution >= 4 is 45.4 Å². The summed E-state index contributed by atoms with van der Waals surface area (Å²) in [7, 11) is 3.41. The minimum atomic E-state index is -4.61. The zero-order chi connectivity index (χ0) is 21.8. The van der Waals surface area contributed by atoms with Gasteiger partial charge in [0.1, 0.15) is 17.2 Å². The molecule has 0 unspecified atom stereocenters. The van der Waals surface area contributed by atoms with Gasteiger partial charge in [-0.1, -0.05) is 0 Å². The average molecular weight is 438 g/mol. The quantitative estimate of drug-likeness (QED) is 0.671. The molecule has 4 heterocycles.